The van der Waals surface area contributed by atoms with Crippen molar-refractivity contribution in [3.63, 3.8) is 0 Å². The molecule has 1 unspecified atom stereocenters. The van der Waals surface area contributed by atoms with Crippen molar-refractivity contribution in [1.29, 1.82) is 5.26 Å². The first-order chi connectivity index (χ1) is 16.3. The monoisotopic (exact) mass is 462 g/mol. The number of nitrogens with two attached hydrogens (primary N) is 2. The maximum atomic E-state index is 13.0. The first-order valence-corrected chi connectivity index (χ1v) is 10.0. The van der Waals surface area contributed by atoms with Crippen LogP contribution in [0.3, 0.4) is 0 Å². The van der Waals surface area contributed by atoms with Gasteiger partial charge in [0.25, 0.3) is 5.91 Å². The smallest absolute Gasteiger partial charge is 0.355 e. The molecule has 0 aromatic heterocycles. The summed E-state index contributed by atoms with van der Waals surface area (Å²) < 4.78 is 15.2. The second-order valence-corrected chi connectivity index (χ2v) is 7.08. The summed E-state index contributed by atoms with van der Waals surface area (Å²) in [5.41, 5.74) is 12.2. The highest BCUT2D eigenvalue weighted by Gasteiger charge is 2.42. The average Bonchev–Trinajstić information content (AvgIpc) is 2.86. The van der Waals surface area contributed by atoms with Crippen LogP contribution < -0.4 is 21.1 Å². The molecule has 10 heteroatoms. The number of hydrogen-bond acceptors (Lipinski definition) is 9. The zero-order chi connectivity index (χ0) is 24.8. The molecule has 174 valence electrons. The standard InChI is InChI=1S/C24H22N4O6/c1-32-23(30)20-19(14-6-4-3-5-7-14)17(12-25)22(27)28(21(20)24(31)33-2)15-8-10-16(11-9-15)34-13-18(26)29/h3-11,19H,13,27H2,1-2H3,(H2,26,29). The molecule has 1 aliphatic rings. The van der Waals surface area contributed by atoms with Gasteiger partial charge in [0, 0.05) is 5.69 Å². The van der Waals surface area contributed by atoms with Gasteiger partial charge in [-0.25, -0.2) is 9.59 Å². The number of ether oxygens (including phenoxy) is 3. The Bertz CT molecular complexity index is 1210. The first kappa shape index (κ1) is 23.9. The van der Waals surface area contributed by atoms with E-state index in [0.717, 1.165) is 0 Å². The Morgan fingerprint density at radius 2 is 1.62 bits per heavy atom. The van der Waals surface area contributed by atoms with Crippen LogP contribution in [0.4, 0.5) is 5.69 Å². The molecule has 2 aromatic rings. The third-order valence-electron chi connectivity index (χ3n) is 5.09. The van der Waals surface area contributed by atoms with Crippen LogP contribution in [0, 0.1) is 11.3 Å². The van der Waals surface area contributed by atoms with E-state index in [1.807, 2.05) is 0 Å². The summed E-state index contributed by atoms with van der Waals surface area (Å²) >= 11 is 0. The minimum atomic E-state index is -0.956. The highest BCUT2D eigenvalue weighted by atomic mass is 16.5. The van der Waals surface area contributed by atoms with E-state index in [-0.39, 0.29) is 29.3 Å². The van der Waals surface area contributed by atoms with Gasteiger partial charge in [-0.3, -0.25) is 9.69 Å². The van der Waals surface area contributed by atoms with Gasteiger partial charge in [0.05, 0.1) is 37.4 Å². The molecule has 0 spiro atoms. The molecule has 1 atom stereocenters. The van der Waals surface area contributed by atoms with Crippen LogP contribution in [0.5, 0.6) is 5.75 Å². The van der Waals surface area contributed by atoms with E-state index in [9.17, 15) is 19.6 Å². The minimum absolute atomic E-state index is 0.0494. The maximum absolute atomic E-state index is 13.0. The summed E-state index contributed by atoms with van der Waals surface area (Å²) in [5, 5.41) is 10.0. The van der Waals surface area contributed by atoms with Crippen molar-refractivity contribution in [2.45, 2.75) is 5.92 Å². The lowest BCUT2D eigenvalue weighted by atomic mass is 9.81. The summed E-state index contributed by atoms with van der Waals surface area (Å²) in [6.07, 6.45) is 0. The van der Waals surface area contributed by atoms with Gasteiger partial charge in [0.1, 0.15) is 17.3 Å². The molecule has 34 heavy (non-hydrogen) atoms. The molecule has 0 saturated carbocycles. The quantitative estimate of drug-likeness (QED) is 0.581. The number of allylic oxidation sites excluding steroid dienone is 1. The number of rotatable bonds is 7. The summed E-state index contributed by atoms with van der Waals surface area (Å²) in [6, 6.07) is 16.9. The maximum Gasteiger partial charge on any atom is 0.355 e. The number of hydrogen-bond donors (Lipinski definition) is 2. The van der Waals surface area contributed by atoms with Crippen molar-refractivity contribution >= 4 is 23.5 Å². The van der Waals surface area contributed by atoms with Crippen LogP contribution in [0.2, 0.25) is 0 Å². The molecule has 10 nitrogen and oxygen atoms in total. The molecule has 0 fully saturated rings. The van der Waals surface area contributed by atoms with Crippen molar-refractivity contribution in [2.75, 3.05) is 25.7 Å². The third-order valence-corrected chi connectivity index (χ3v) is 5.09. The Hall–Kier alpha value is -4.78. The number of esters is 2. The SMILES string of the molecule is COC(=O)C1=C(C(=O)OC)N(c2ccc(OCC(N)=O)cc2)C(N)=C(C#N)C1c1ccccc1. The molecule has 1 heterocycles. The fourth-order valence-corrected chi connectivity index (χ4v) is 3.63. The van der Waals surface area contributed by atoms with E-state index in [1.165, 1.54) is 31.3 Å². The van der Waals surface area contributed by atoms with Crippen molar-refractivity contribution in [3.8, 4) is 11.8 Å². The van der Waals surface area contributed by atoms with Gasteiger partial charge in [-0.1, -0.05) is 30.3 Å². The van der Waals surface area contributed by atoms with Crippen LogP contribution in [-0.2, 0) is 23.9 Å². The fraction of sp³-hybridized carbons (Fsp3) is 0.167. The number of methoxy groups -OCH3 is 2. The summed E-state index contributed by atoms with van der Waals surface area (Å²) in [7, 11) is 2.34. The topological polar surface area (TPSA) is 158 Å². The van der Waals surface area contributed by atoms with Crippen molar-refractivity contribution in [2.24, 2.45) is 11.5 Å². The van der Waals surface area contributed by atoms with E-state index in [1.54, 1.807) is 42.5 Å². The summed E-state index contributed by atoms with van der Waals surface area (Å²) in [4.78, 5) is 38.2. The molecular formula is C24H22N4O6. The lowest BCUT2D eigenvalue weighted by Crippen LogP contribution is -2.40. The second-order valence-electron chi connectivity index (χ2n) is 7.08. The minimum Gasteiger partial charge on any atom is -0.484 e. The predicted octanol–water partition coefficient (Wildman–Crippen LogP) is 1.45. The van der Waals surface area contributed by atoms with Crippen molar-refractivity contribution in [1.82, 2.24) is 0 Å². The number of nitrogens with zero attached hydrogens (tertiary/aromatic N) is 2. The Balaban J connectivity index is 2.25. The molecule has 0 aliphatic carbocycles. The van der Waals surface area contributed by atoms with Crippen molar-refractivity contribution < 1.29 is 28.6 Å². The molecule has 4 N–H and O–H groups in total. The van der Waals surface area contributed by atoms with Crippen molar-refractivity contribution in [3.05, 3.63) is 82.8 Å². The summed E-state index contributed by atoms with van der Waals surface area (Å²) in [6.45, 7) is -0.317. The Morgan fingerprint density at radius 1 is 1.00 bits per heavy atom. The highest BCUT2D eigenvalue weighted by molar-refractivity contribution is 6.06. The van der Waals surface area contributed by atoms with Gasteiger partial charge in [-0.05, 0) is 29.8 Å². The molecule has 1 amide bonds. The van der Waals surface area contributed by atoms with E-state index < -0.39 is 23.8 Å². The normalized spacial score (nSPS) is 15.4. The Labute approximate surface area is 195 Å². The lowest BCUT2D eigenvalue weighted by molar-refractivity contribution is -0.139. The first-order valence-electron chi connectivity index (χ1n) is 10.0. The number of carbonyl (C=O) groups is 3. The van der Waals surface area contributed by atoms with Crippen LogP contribution in [0.1, 0.15) is 11.5 Å². The van der Waals surface area contributed by atoms with Crippen LogP contribution in [-0.4, -0.2) is 38.7 Å². The molecular weight excluding hydrogens is 440 g/mol. The molecule has 0 bridgehead atoms. The van der Waals surface area contributed by atoms with E-state index in [0.29, 0.717) is 17.0 Å². The van der Waals surface area contributed by atoms with Gasteiger partial charge in [0.15, 0.2) is 6.61 Å². The molecule has 0 radical (unpaired) electrons. The number of carbonyl (C=O) groups excluding carboxylic acids is 3. The van der Waals surface area contributed by atoms with Gasteiger partial charge in [0.2, 0.25) is 0 Å². The zero-order valence-corrected chi connectivity index (χ0v) is 18.5. The third kappa shape index (κ3) is 4.54. The molecule has 0 saturated heterocycles. The Kier molecular flexibility index (Phi) is 7.18. The van der Waals surface area contributed by atoms with Crippen LogP contribution in [0.25, 0.3) is 0 Å². The molecule has 3 rings (SSSR count). The highest BCUT2D eigenvalue weighted by Crippen LogP contribution is 2.43. The van der Waals surface area contributed by atoms with Crippen LogP contribution in [0.15, 0.2) is 77.3 Å². The van der Waals surface area contributed by atoms with E-state index in [4.69, 9.17) is 25.7 Å². The molecule has 2 aromatic carbocycles. The Morgan fingerprint density at radius 3 is 2.15 bits per heavy atom. The zero-order valence-electron chi connectivity index (χ0n) is 18.5. The number of nitriles is 1. The number of primary amides is 1. The van der Waals surface area contributed by atoms with E-state index in [2.05, 4.69) is 6.07 Å². The number of anilines is 1. The predicted molar refractivity (Wildman–Crippen MR) is 121 cm³/mol. The van der Waals surface area contributed by atoms with Gasteiger partial charge in [-0.2, -0.15) is 5.26 Å². The van der Waals surface area contributed by atoms with Crippen LogP contribution >= 0.6 is 0 Å². The van der Waals surface area contributed by atoms with E-state index >= 15 is 0 Å². The van der Waals surface area contributed by atoms with Gasteiger partial charge >= 0.3 is 11.9 Å². The lowest BCUT2D eigenvalue weighted by Gasteiger charge is -2.35. The summed E-state index contributed by atoms with van der Waals surface area (Å²) in [5.74, 6) is -2.99. The second kappa shape index (κ2) is 10.2. The molecule has 1 aliphatic heterocycles. The fourth-order valence-electron chi connectivity index (χ4n) is 3.63. The van der Waals surface area contributed by atoms with Gasteiger partial charge < -0.3 is 25.7 Å². The van der Waals surface area contributed by atoms with Gasteiger partial charge in [-0.15, -0.1) is 0 Å². The number of amides is 1. The number of benzene rings is 2. The largest absolute Gasteiger partial charge is 0.484 e. The average molecular weight is 462 g/mol.